The maximum absolute atomic E-state index is 14.1. The monoisotopic (exact) mass is 1850 g/mol. The predicted octanol–water partition coefficient (Wildman–Crippen LogP) is 18.7. The van der Waals surface area contributed by atoms with Gasteiger partial charge in [-0.25, -0.2) is 87.6 Å². The zero-order valence-electron chi connectivity index (χ0n) is 68.8. The summed E-state index contributed by atoms with van der Waals surface area (Å²) < 4.78 is 82.7. The van der Waals surface area contributed by atoms with Gasteiger partial charge in [0, 0.05) is 88.2 Å². The quantitative estimate of drug-likeness (QED) is 0.0130. The number of phenols is 1. The van der Waals surface area contributed by atoms with Crippen molar-refractivity contribution in [2.75, 3.05) is 40.6 Å². The van der Waals surface area contributed by atoms with Gasteiger partial charge in [-0.05, 0) is 167 Å². The molecule has 0 saturated carbocycles. The number of phenolic OH excluding ortho intramolecular Hbond substituents is 1. The number of fused-ring (bicyclic) bond motifs is 5. The minimum atomic E-state index is -1.72. The van der Waals surface area contributed by atoms with Gasteiger partial charge >= 0.3 is 36.1 Å². The van der Waals surface area contributed by atoms with Crippen LogP contribution < -0.4 is 50.1 Å². The van der Waals surface area contributed by atoms with Crippen LogP contribution in [-0.4, -0.2) is 173 Å². The van der Waals surface area contributed by atoms with Gasteiger partial charge in [0.1, 0.15) is 64.0 Å². The maximum Gasteiger partial charge on any atom is 0.643 e. The van der Waals surface area contributed by atoms with Crippen LogP contribution in [-0.2, 0) is 19.1 Å². The molecule has 3 saturated heterocycles. The second kappa shape index (κ2) is 50.3. The molecule has 5 aromatic heterocycles. The van der Waals surface area contributed by atoms with Crippen molar-refractivity contribution in [3.05, 3.63) is 188 Å². The van der Waals surface area contributed by atoms with Gasteiger partial charge in [-0.3, -0.25) is 19.2 Å². The van der Waals surface area contributed by atoms with E-state index in [2.05, 4.69) is 96.8 Å². The number of nitrogens with zero attached hydrogens (tertiary/aromatic N) is 10. The van der Waals surface area contributed by atoms with E-state index in [9.17, 15) is 37.5 Å². The minimum absolute atomic E-state index is 0.0170. The Morgan fingerprint density at radius 2 is 0.919 bits per heavy atom. The molecule has 8 heterocycles. The first kappa shape index (κ1) is 102. The first-order chi connectivity index (χ1) is 59.1. The van der Waals surface area contributed by atoms with Crippen molar-refractivity contribution in [2.24, 2.45) is 27.8 Å². The molecule has 124 heavy (non-hydrogen) atoms. The molecule has 27 nitrogen and oxygen atoms in total. The summed E-state index contributed by atoms with van der Waals surface area (Å²) in [5, 5.41) is 34.5. The van der Waals surface area contributed by atoms with Crippen LogP contribution in [0.5, 0.6) is 40.5 Å². The van der Waals surface area contributed by atoms with Crippen LogP contribution in [0, 0.1) is 55.9 Å². The Balaban J connectivity index is 0.000000235. The number of nitrogens with one attached hydrogen (secondary N) is 3. The number of aliphatic hydroxyl groups is 1. The molecule has 1 radical (unpaired) electrons. The molecule has 7 N–H and O–H groups in total. The van der Waals surface area contributed by atoms with E-state index >= 15 is 0 Å². The molecule has 4 amide bonds. The van der Waals surface area contributed by atoms with Crippen molar-refractivity contribution >= 4 is 197 Å². The van der Waals surface area contributed by atoms with E-state index < -0.39 is 77.4 Å². The largest absolute Gasteiger partial charge is 0.643 e. The van der Waals surface area contributed by atoms with Crippen molar-refractivity contribution in [1.29, 1.82) is 0 Å². The van der Waals surface area contributed by atoms with Crippen LogP contribution >= 0.6 is 77.8 Å². The Kier molecular flexibility index (Phi) is 41.5. The molecule has 5 aromatic carbocycles. The topological polar surface area (TPSA) is 330 Å². The number of nitrogens with two attached hydrogens (primary N) is 1. The molecule has 9 atom stereocenters. The molecule has 0 spiro atoms. The number of primary amides is 1. The summed E-state index contributed by atoms with van der Waals surface area (Å²) in [7, 11) is 22.2. The molecule has 0 bridgehead atoms. The fraction of sp³-hybridized carbons (Fsp3) is 0.353. The van der Waals surface area contributed by atoms with Gasteiger partial charge in [0.05, 0.1) is 87.6 Å². The maximum atomic E-state index is 14.1. The molecule has 39 heteroatoms. The van der Waals surface area contributed by atoms with Crippen molar-refractivity contribution in [1.82, 2.24) is 40.9 Å². The molecule has 0 aliphatic carbocycles. The van der Waals surface area contributed by atoms with Crippen LogP contribution in [0.3, 0.4) is 0 Å². The molecule has 3 aliphatic heterocycles. The van der Waals surface area contributed by atoms with Crippen molar-refractivity contribution < 1.29 is 75.7 Å². The van der Waals surface area contributed by atoms with Crippen molar-refractivity contribution in [2.45, 2.75) is 137 Å². The first-order valence-electron chi connectivity index (χ1n) is 38.0. The number of ether oxygens (including phenoxy) is 7. The Labute approximate surface area is 753 Å². The molecule has 0 unspecified atom stereocenters. The van der Waals surface area contributed by atoms with Gasteiger partial charge in [0.2, 0.25) is 34.5 Å². The summed E-state index contributed by atoms with van der Waals surface area (Å²) in [6.07, 6.45) is 4.77. The number of hydrogen-bond acceptors (Lipinski definition) is 20. The minimum Gasteiger partial charge on any atom is -0.519 e. The number of pyridine rings is 5. The molecule has 10 aromatic rings. The zero-order valence-corrected chi connectivity index (χ0v) is 75.4. The third-order valence-electron chi connectivity index (χ3n) is 18.5. The third kappa shape index (κ3) is 28.2. The number of halogens is 9. The summed E-state index contributed by atoms with van der Waals surface area (Å²) in [5.74, 6) is 4.53. The Morgan fingerprint density at radius 3 is 1.31 bits per heavy atom. The van der Waals surface area contributed by atoms with Crippen LogP contribution in [0.15, 0.2) is 120 Å². The number of benzene rings is 5. The van der Waals surface area contributed by atoms with Crippen LogP contribution in [0.1, 0.15) is 97.5 Å². The van der Waals surface area contributed by atoms with Gasteiger partial charge in [-0.15, -0.1) is 0 Å². The molecule has 3 fully saturated rings. The number of amides is 4. The Morgan fingerprint density at radius 1 is 0.565 bits per heavy atom. The number of aromatic nitrogens is 5. The number of methoxy groups -OCH3 is 2. The number of hydrogen-bond donors (Lipinski definition) is 7. The van der Waals surface area contributed by atoms with E-state index in [1.54, 1.807) is 98.4 Å². The van der Waals surface area contributed by atoms with Gasteiger partial charge in [-0.1, -0.05) is 67.4 Å². The summed E-state index contributed by atoms with van der Waals surface area (Å²) in [4.78, 5) is 80.2. The smallest absolute Gasteiger partial charge is 0.519 e. The van der Waals surface area contributed by atoms with E-state index in [1.165, 1.54) is 26.5 Å². The van der Waals surface area contributed by atoms with E-state index in [1.807, 2.05) is 67.5 Å². The van der Waals surface area contributed by atoms with Gasteiger partial charge in [0.15, 0.2) is 18.5 Å². The van der Waals surface area contributed by atoms with Gasteiger partial charge in [0.25, 0.3) is 23.6 Å². The van der Waals surface area contributed by atoms with Crippen molar-refractivity contribution in [3.63, 3.8) is 0 Å². The van der Waals surface area contributed by atoms with Crippen LogP contribution in [0.2, 0.25) is 15.5 Å². The second-order valence-electron chi connectivity index (χ2n) is 27.7. The van der Waals surface area contributed by atoms with Crippen molar-refractivity contribution in [3.8, 4) is 52.3 Å². The summed E-state index contributed by atoms with van der Waals surface area (Å²) in [6, 6.07) is 22.7. The second-order valence-corrected chi connectivity index (χ2v) is 35.4. The fourth-order valence-electron chi connectivity index (χ4n) is 12.8. The van der Waals surface area contributed by atoms with E-state index in [0.717, 1.165) is 32.3 Å². The number of rotatable bonds is 19. The number of aliphatic hydroxyl groups excluding tert-OH is 1. The molecular formula is C85H86AlBCl6F3N14O13S. The summed E-state index contributed by atoms with van der Waals surface area (Å²) in [6.45, 7) is 45.3. The summed E-state index contributed by atoms with van der Waals surface area (Å²) in [5.41, 5.74) is 7.96. The van der Waals surface area contributed by atoms with E-state index in [-0.39, 0.29) is 79.6 Å². The zero-order chi connectivity index (χ0) is 91.8. The molecule has 3 aliphatic rings. The fourth-order valence-corrected chi connectivity index (χ4v) is 13.4. The summed E-state index contributed by atoms with van der Waals surface area (Å²) >= 11 is 19.2. The van der Waals surface area contributed by atoms with Crippen LogP contribution in [0.4, 0.5) is 35.9 Å². The number of alkyl halides is 3. The SMILES string of the molecule is CC[C@@H]1[C@H](F)C(=O)N[C@@H]1CO.CC[C@@H]1[C@H](F)C(=O)N[C@@H]1COc1ncc(C#CCOC)c2cc(C(N)=O)c(OC(C)C)cc12.[B]=NS.[C-]#[N+]c1cc2ccnc(Cl)c2cc1O.[C-]#[N+]c1cc2ccnc(Cl)c2cc1OC.[C-]#[N+]c1cc2ccnc(Cl)c2cc1OC(C)C.[C-]#[N+]c1cc2ccnc(OC[C@H]3NC(=O)[C@@H](F)[C@H]3CC)c2cc1OC(C)C.[Cl][Al]([Cl])[Cl]. The van der Waals surface area contributed by atoms with E-state index in [4.69, 9.17) is 135 Å². The van der Waals surface area contributed by atoms with Gasteiger partial charge in [-0.2, -0.15) is 0 Å². The molecular weight excluding hydrogens is 1760 g/mol. The van der Waals surface area contributed by atoms with E-state index in [0.29, 0.717) is 108 Å². The Hall–Kier alpha value is -10.7. The average molecular weight is 1850 g/mol. The third-order valence-corrected chi connectivity index (χ3v) is 19.4. The Bertz CT molecular complexity index is 5690. The molecule has 13 rings (SSSR count). The van der Waals surface area contributed by atoms with Crippen LogP contribution in [0.25, 0.3) is 73.2 Å². The predicted molar refractivity (Wildman–Crippen MR) is 482 cm³/mol. The van der Waals surface area contributed by atoms with Gasteiger partial charge < -0.3 is 65.1 Å². The standard InChI is InChI=1S/C24H28FN3O5.C20H22FN3O3.C13H11ClN2O.C11H7ClN2O.C10H5ClN2O.C7H12FNO2.Al.BHNS.3ClH/c1-5-15-19(28-23(30)21(15)25)12-32-24-17-10-20(33-13(2)3)18(22(26)29)9-16(17)14(11-27-24)7-6-8-31-4;1-5-13-16(24-19(25)18(13)21)10-26-20-14-9-17(27-11(2)3)15(22-4)8-12(14)6-7-23-20;1-8(2)17-12-7-10-9(6-11(12)15-3)4-5-16-13(10)14;1-13-9-5-7-3-4-14-11(12)8(7)6-10(9)15-2;1-12-8-4-6-2-3-13-10(11)7(6)5-9(8)14;1-2-4-5(3-10)9-7(11)6(4)8;;1-2-3;;;/h9-11,13,15,19,21H,5,8,12H2,1-4H3,(H2,26,29)(H,28,30);6-9,11,13,16,18H,5,10H2,1-3H3,(H,24,25);4-8H,1-2H3;3-6H,2H3;2-5,14H;4-6,10H,2-3H2,1H3,(H,9,11);;3H;3*1H/q;;;;;;+3;;;;/p-3/t15-,19+,21-;13-,16+,18-;;;;4-,5+,6-;;;;;/m00...0...../s1. The first-order valence-corrected chi connectivity index (χ1v) is 44.7. The average Bonchev–Trinajstić information content (AvgIpc) is 1.19. The number of thiol groups is 1. The number of carbonyl (C=O) groups excluding carboxylic acids is 4. The number of carbonyl (C=O) groups is 4. The normalized spacial score (nSPS) is 17.5. The molecule has 649 valence electrons. The number of aromatic hydroxyl groups is 1.